The Labute approximate surface area is 188 Å². The van der Waals surface area contributed by atoms with Gasteiger partial charge < -0.3 is 10.2 Å². The van der Waals surface area contributed by atoms with Gasteiger partial charge in [0.15, 0.2) is 0 Å². The number of carbonyl (C=O) groups excluding carboxylic acids is 2. The maximum absolute atomic E-state index is 13.3. The van der Waals surface area contributed by atoms with Crippen molar-refractivity contribution >= 4 is 34.6 Å². The van der Waals surface area contributed by atoms with Crippen molar-refractivity contribution in [1.82, 2.24) is 0 Å². The molecule has 0 fully saturated rings. The lowest BCUT2D eigenvalue weighted by molar-refractivity contribution is -0.120. The van der Waals surface area contributed by atoms with Crippen molar-refractivity contribution in [2.75, 3.05) is 16.8 Å². The number of para-hydroxylation sites is 3. The molecule has 3 aromatic rings. The molecule has 5 heteroatoms. The summed E-state index contributed by atoms with van der Waals surface area (Å²) in [6, 6.07) is 19.5. The summed E-state index contributed by atoms with van der Waals surface area (Å²) >= 11 is 0. The summed E-state index contributed by atoms with van der Waals surface area (Å²) in [5, 5.41) is 2.99. The molecule has 1 N–H and O–H groups in total. The first-order valence-electron chi connectivity index (χ1n) is 10.7. The van der Waals surface area contributed by atoms with E-state index in [1.807, 2.05) is 82.3 Å². The van der Waals surface area contributed by atoms with Gasteiger partial charge in [-0.05, 0) is 62.1 Å². The monoisotopic (exact) mass is 425 g/mol. The predicted molar refractivity (Wildman–Crippen MR) is 130 cm³/mol. The molecule has 5 nitrogen and oxygen atoms in total. The lowest BCUT2D eigenvalue weighted by Gasteiger charge is -2.22. The zero-order valence-electron chi connectivity index (χ0n) is 18.9. The topological polar surface area (TPSA) is 61.8 Å². The third-order valence-electron chi connectivity index (χ3n) is 5.79. The second kappa shape index (κ2) is 8.79. The molecule has 0 saturated carbocycles. The van der Waals surface area contributed by atoms with Crippen LogP contribution in [0.1, 0.15) is 34.2 Å². The van der Waals surface area contributed by atoms with Gasteiger partial charge in [-0.3, -0.25) is 14.6 Å². The van der Waals surface area contributed by atoms with Gasteiger partial charge in [0.1, 0.15) is 6.54 Å². The summed E-state index contributed by atoms with van der Waals surface area (Å²) in [5.74, 6) is -0.383. The molecule has 0 unspecified atom stereocenters. The third-order valence-corrected chi connectivity index (χ3v) is 5.79. The zero-order valence-corrected chi connectivity index (χ0v) is 18.9. The van der Waals surface area contributed by atoms with Crippen LogP contribution in [0.4, 0.5) is 17.1 Å². The number of benzene rings is 3. The zero-order chi connectivity index (χ0) is 22.8. The van der Waals surface area contributed by atoms with Crippen molar-refractivity contribution in [1.29, 1.82) is 0 Å². The van der Waals surface area contributed by atoms with Gasteiger partial charge in [-0.1, -0.05) is 54.1 Å². The standard InChI is InChI=1S/C27H27N3O2/c1-17-12-13-21(20(4)14-17)23-15-26(32)30(24-11-6-5-10-22(24)28-23)16-25(31)29-27-18(2)8-7-9-19(27)3/h5-14H,15-16H2,1-4H3,(H,29,31). The highest BCUT2D eigenvalue weighted by Gasteiger charge is 2.27. The number of carbonyl (C=O) groups is 2. The normalized spacial score (nSPS) is 13.3. The Bertz CT molecular complexity index is 1220. The summed E-state index contributed by atoms with van der Waals surface area (Å²) in [7, 11) is 0. The van der Waals surface area contributed by atoms with E-state index in [1.54, 1.807) is 0 Å². The molecule has 1 heterocycles. The van der Waals surface area contributed by atoms with Crippen LogP contribution in [0.2, 0.25) is 0 Å². The van der Waals surface area contributed by atoms with Crippen LogP contribution in [-0.4, -0.2) is 24.1 Å². The van der Waals surface area contributed by atoms with Gasteiger partial charge in [-0.15, -0.1) is 0 Å². The number of amides is 2. The fourth-order valence-corrected chi connectivity index (χ4v) is 4.15. The van der Waals surface area contributed by atoms with Crippen molar-refractivity contribution in [3.63, 3.8) is 0 Å². The summed E-state index contributed by atoms with van der Waals surface area (Å²) in [4.78, 5) is 32.7. The van der Waals surface area contributed by atoms with Gasteiger partial charge in [-0.2, -0.15) is 0 Å². The Hall–Kier alpha value is -3.73. The number of aliphatic imine (C=N–C) groups is 1. The largest absolute Gasteiger partial charge is 0.324 e. The minimum atomic E-state index is -0.236. The average Bonchev–Trinajstić information content (AvgIpc) is 2.87. The number of nitrogens with zero attached hydrogens (tertiary/aromatic N) is 2. The van der Waals surface area contributed by atoms with Crippen molar-refractivity contribution in [2.45, 2.75) is 34.1 Å². The quantitative estimate of drug-likeness (QED) is 0.607. The molecule has 32 heavy (non-hydrogen) atoms. The molecular formula is C27H27N3O2. The van der Waals surface area contributed by atoms with Crippen LogP contribution in [0.3, 0.4) is 0 Å². The molecule has 0 radical (unpaired) electrons. The SMILES string of the molecule is Cc1ccc(C2=Nc3ccccc3N(CC(=O)Nc3c(C)cccc3C)C(=O)C2)c(C)c1. The first-order valence-corrected chi connectivity index (χ1v) is 10.7. The van der Waals surface area contributed by atoms with Crippen LogP contribution < -0.4 is 10.2 Å². The molecule has 1 aliphatic heterocycles. The van der Waals surface area contributed by atoms with E-state index in [1.165, 1.54) is 4.90 Å². The molecular weight excluding hydrogens is 398 g/mol. The molecule has 4 rings (SSSR count). The molecule has 0 spiro atoms. The fraction of sp³-hybridized carbons (Fsp3) is 0.222. The first-order chi connectivity index (χ1) is 15.3. The van der Waals surface area contributed by atoms with Crippen LogP contribution in [0, 0.1) is 27.7 Å². The Morgan fingerprint density at radius 1 is 0.938 bits per heavy atom. The van der Waals surface area contributed by atoms with Crippen LogP contribution >= 0.6 is 0 Å². The average molecular weight is 426 g/mol. The number of aryl methyl sites for hydroxylation is 4. The van der Waals surface area contributed by atoms with E-state index in [0.717, 1.165) is 39.2 Å². The van der Waals surface area contributed by atoms with E-state index in [2.05, 4.69) is 11.4 Å². The molecule has 162 valence electrons. The molecule has 2 amide bonds. The van der Waals surface area contributed by atoms with Crippen LogP contribution in [0.25, 0.3) is 0 Å². The Balaban J connectivity index is 1.65. The van der Waals surface area contributed by atoms with Crippen molar-refractivity contribution in [3.05, 3.63) is 88.5 Å². The van der Waals surface area contributed by atoms with E-state index in [4.69, 9.17) is 4.99 Å². The van der Waals surface area contributed by atoms with E-state index in [-0.39, 0.29) is 24.8 Å². The molecule has 0 bridgehead atoms. The number of nitrogens with one attached hydrogen (secondary N) is 1. The third kappa shape index (κ3) is 4.33. The maximum Gasteiger partial charge on any atom is 0.244 e. The highest BCUT2D eigenvalue weighted by molar-refractivity contribution is 6.19. The van der Waals surface area contributed by atoms with Gasteiger partial charge in [0, 0.05) is 5.69 Å². The van der Waals surface area contributed by atoms with Crippen molar-refractivity contribution in [2.24, 2.45) is 4.99 Å². The highest BCUT2D eigenvalue weighted by atomic mass is 16.2. The Morgan fingerprint density at radius 2 is 1.66 bits per heavy atom. The summed E-state index contributed by atoms with van der Waals surface area (Å²) < 4.78 is 0. The number of anilines is 2. The van der Waals surface area contributed by atoms with Crippen molar-refractivity contribution in [3.8, 4) is 0 Å². The smallest absolute Gasteiger partial charge is 0.244 e. The molecule has 0 atom stereocenters. The summed E-state index contributed by atoms with van der Waals surface area (Å²) in [6.45, 7) is 7.92. The van der Waals surface area contributed by atoms with Crippen molar-refractivity contribution < 1.29 is 9.59 Å². The lowest BCUT2D eigenvalue weighted by Crippen LogP contribution is -2.38. The van der Waals surface area contributed by atoms with E-state index >= 15 is 0 Å². The fourth-order valence-electron chi connectivity index (χ4n) is 4.15. The minimum absolute atomic E-state index is 0.0701. The van der Waals surface area contributed by atoms with Gasteiger partial charge in [0.05, 0.1) is 23.5 Å². The van der Waals surface area contributed by atoms with Gasteiger partial charge in [-0.25, -0.2) is 0 Å². The van der Waals surface area contributed by atoms with Crippen LogP contribution in [-0.2, 0) is 9.59 Å². The van der Waals surface area contributed by atoms with E-state index in [0.29, 0.717) is 11.4 Å². The highest BCUT2D eigenvalue weighted by Crippen LogP contribution is 2.33. The number of fused-ring (bicyclic) bond motifs is 1. The van der Waals surface area contributed by atoms with Gasteiger partial charge in [0.25, 0.3) is 0 Å². The molecule has 0 aromatic heterocycles. The molecule has 1 aliphatic rings. The minimum Gasteiger partial charge on any atom is -0.324 e. The van der Waals surface area contributed by atoms with Crippen LogP contribution in [0.5, 0.6) is 0 Å². The lowest BCUT2D eigenvalue weighted by atomic mass is 9.99. The molecule has 3 aromatic carbocycles. The second-order valence-corrected chi connectivity index (χ2v) is 8.34. The van der Waals surface area contributed by atoms with Crippen LogP contribution in [0.15, 0.2) is 65.7 Å². The van der Waals surface area contributed by atoms with E-state index in [9.17, 15) is 9.59 Å². The number of hydrogen-bond donors (Lipinski definition) is 1. The Kier molecular flexibility index (Phi) is 5.91. The second-order valence-electron chi connectivity index (χ2n) is 8.34. The summed E-state index contributed by atoms with van der Waals surface area (Å²) in [5.41, 5.74) is 8.02. The van der Waals surface area contributed by atoms with Gasteiger partial charge >= 0.3 is 0 Å². The van der Waals surface area contributed by atoms with E-state index < -0.39 is 0 Å². The Morgan fingerprint density at radius 3 is 2.38 bits per heavy atom. The molecule has 0 saturated heterocycles. The number of hydrogen-bond acceptors (Lipinski definition) is 3. The first kappa shape index (κ1) is 21.5. The summed E-state index contributed by atoms with van der Waals surface area (Å²) in [6.07, 6.45) is 0.134. The maximum atomic E-state index is 13.3. The molecule has 0 aliphatic carbocycles. The van der Waals surface area contributed by atoms with Gasteiger partial charge in [0.2, 0.25) is 11.8 Å². The number of rotatable bonds is 4. The predicted octanol–water partition coefficient (Wildman–Crippen LogP) is 5.42.